The van der Waals surface area contributed by atoms with Crippen molar-refractivity contribution >= 4 is 17.6 Å². The Morgan fingerprint density at radius 2 is 2.28 bits per heavy atom. The lowest BCUT2D eigenvalue weighted by Gasteiger charge is -2.04. The molecule has 0 radical (unpaired) electrons. The first kappa shape index (κ1) is 12.9. The summed E-state index contributed by atoms with van der Waals surface area (Å²) in [6, 6.07) is 4.09. The fourth-order valence-electron chi connectivity index (χ4n) is 1.40. The maximum Gasteiger partial charge on any atom is 0.208 e. The molecule has 0 unspecified atom stereocenters. The van der Waals surface area contributed by atoms with Gasteiger partial charge >= 0.3 is 0 Å². The fourth-order valence-corrected chi connectivity index (χ4v) is 2.18. The Morgan fingerprint density at radius 1 is 1.39 bits per heavy atom. The maximum atomic E-state index is 4.36. The van der Waals surface area contributed by atoms with Gasteiger partial charge in [-0.2, -0.15) is 0 Å². The monoisotopic (exact) mass is 263 g/mol. The van der Waals surface area contributed by atoms with E-state index in [4.69, 9.17) is 0 Å². The summed E-state index contributed by atoms with van der Waals surface area (Å²) < 4.78 is 0. The highest BCUT2D eigenvalue weighted by molar-refractivity contribution is 7.98. The van der Waals surface area contributed by atoms with E-state index in [0.29, 0.717) is 0 Å². The average Bonchev–Trinajstić information content (AvgIpc) is 2.81. The molecule has 18 heavy (non-hydrogen) atoms. The molecule has 0 aliphatic heterocycles. The van der Waals surface area contributed by atoms with Crippen molar-refractivity contribution in [1.82, 2.24) is 20.2 Å². The van der Waals surface area contributed by atoms with Crippen molar-refractivity contribution in [2.24, 2.45) is 0 Å². The molecule has 0 aliphatic carbocycles. The molecule has 0 saturated heterocycles. The minimum atomic E-state index is 0.778. The number of aromatic amines is 1. The van der Waals surface area contributed by atoms with Crippen LogP contribution in [0.4, 0.5) is 5.82 Å². The minimum absolute atomic E-state index is 0.778. The van der Waals surface area contributed by atoms with Gasteiger partial charge in [-0.3, -0.25) is 5.10 Å². The molecular formula is C12H17N5S. The molecule has 2 rings (SSSR count). The topological polar surface area (TPSA) is 66.5 Å². The van der Waals surface area contributed by atoms with Gasteiger partial charge in [-0.25, -0.2) is 9.97 Å². The molecule has 96 valence electrons. The zero-order valence-corrected chi connectivity index (χ0v) is 11.4. The molecule has 0 aliphatic rings. The number of aryl methyl sites for hydroxylation is 1. The van der Waals surface area contributed by atoms with Crippen molar-refractivity contribution in [3.05, 3.63) is 29.7 Å². The number of H-pyrrole nitrogens is 1. The molecule has 0 amide bonds. The van der Waals surface area contributed by atoms with Crippen LogP contribution in [0.15, 0.2) is 23.5 Å². The van der Waals surface area contributed by atoms with E-state index >= 15 is 0 Å². The van der Waals surface area contributed by atoms with E-state index in [0.717, 1.165) is 35.5 Å². The van der Waals surface area contributed by atoms with Gasteiger partial charge < -0.3 is 5.32 Å². The molecule has 6 heteroatoms. The number of pyridine rings is 1. The van der Waals surface area contributed by atoms with Gasteiger partial charge in [0.1, 0.15) is 11.6 Å². The van der Waals surface area contributed by atoms with Crippen LogP contribution < -0.4 is 5.32 Å². The second-order valence-electron chi connectivity index (χ2n) is 3.97. The van der Waals surface area contributed by atoms with Gasteiger partial charge in [0.05, 0.1) is 0 Å². The van der Waals surface area contributed by atoms with Gasteiger partial charge in [0, 0.05) is 18.5 Å². The van der Waals surface area contributed by atoms with Crippen LogP contribution in [0.3, 0.4) is 0 Å². The first-order valence-electron chi connectivity index (χ1n) is 5.98. The third-order valence-electron chi connectivity index (χ3n) is 2.33. The summed E-state index contributed by atoms with van der Waals surface area (Å²) in [5.41, 5.74) is 1.17. The largest absolute Gasteiger partial charge is 0.370 e. The first-order chi connectivity index (χ1) is 8.78. The van der Waals surface area contributed by atoms with E-state index in [9.17, 15) is 0 Å². The van der Waals surface area contributed by atoms with Crippen LogP contribution in [0.1, 0.15) is 24.7 Å². The number of hydrogen-bond donors (Lipinski definition) is 2. The Labute approximate surface area is 111 Å². The van der Waals surface area contributed by atoms with Crippen molar-refractivity contribution in [3.63, 3.8) is 0 Å². The number of nitrogens with one attached hydrogen (secondary N) is 2. The maximum absolute atomic E-state index is 4.36. The molecule has 2 N–H and O–H groups in total. The molecule has 0 bridgehead atoms. The van der Waals surface area contributed by atoms with Crippen LogP contribution in [0.2, 0.25) is 0 Å². The van der Waals surface area contributed by atoms with Crippen molar-refractivity contribution in [2.75, 3.05) is 11.9 Å². The summed E-state index contributed by atoms with van der Waals surface area (Å²) in [6.07, 6.45) is 2.99. The summed E-state index contributed by atoms with van der Waals surface area (Å²) in [5, 5.41) is 10.9. The molecule has 5 nitrogen and oxygen atoms in total. The van der Waals surface area contributed by atoms with Crippen molar-refractivity contribution in [3.8, 4) is 0 Å². The van der Waals surface area contributed by atoms with Crippen LogP contribution in [0.25, 0.3) is 0 Å². The minimum Gasteiger partial charge on any atom is -0.370 e. The van der Waals surface area contributed by atoms with E-state index in [1.54, 1.807) is 11.8 Å². The normalized spacial score (nSPS) is 10.6. The van der Waals surface area contributed by atoms with Crippen molar-refractivity contribution in [2.45, 2.75) is 31.2 Å². The van der Waals surface area contributed by atoms with E-state index in [1.807, 2.05) is 19.2 Å². The van der Waals surface area contributed by atoms with Gasteiger partial charge in [-0.05, 0) is 25.0 Å². The van der Waals surface area contributed by atoms with E-state index in [-0.39, 0.29) is 0 Å². The SMILES string of the molecule is CCCNc1ccc(CSc2n[nH]c(C)n2)cn1. The molecule has 0 atom stereocenters. The number of rotatable bonds is 6. The average molecular weight is 263 g/mol. The smallest absolute Gasteiger partial charge is 0.208 e. The van der Waals surface area contributed by atoms with E-state index in [2.05, 4.69) is 38.5 Å². The molecule has 0 saturated carbocycles. The number of aromatic nitrogens is 4. The molecule has 0 fully saturated rings. The number of hydrogen-bond acceptors (Lipinski definition) is 5. The summed E-state index contributed by atoms with van der Waals surface area (Å²) in [7, 11) is 0. The summed E-state index contributed by atoms with van der Waals surface area (Å²) in [5.74, 6) is 2.60. The Kier molecular flexibility index (Phi) is 4.58. The molecule has 2 heterocycles. The van der Waals surface area contributed by atoms with E-state index in [1.165, 1.54) is 5.56 Å². The Bertz CT molecular complexity index is 479. The molecule has 2 aromatic heterocycles. The number of nitrogens with zero attached hydrogens (tertiary/aromatic N) is 3. The van der Waals surface area contributed by atoms with Gasteiger partial charge in [-0.15, -0.1) is 5.10 Å². The molecule has 2 aromatic rings. The standard InChI is InChI=1S/C12H17N5S/c1-3-6-13-11-5-4-10(7-14-11)8-18-12-15-9(2)16-17-12/h4-5,7H,3,6,8H2,1-2H3,(H,13,14)(H,15,16,17). The summed E-state index contributed by atoms with van der Waals surface area (Å²) in [4.78, 5) is 8.61. The van der Waals surface area contributed by atoms with Gasteiger partial charge in [-0.1, -0.05) is 24.8 Å². The third kappa shape index (κ3) is 3.73. The predicted octanol–water partition coefficient (Wildman–Crippen LogP) is 2.62. The van der Waals surface area contributed by atoms with Gasteiger partial charge in [0.25, 0.3) is 0 Å². The Morgan fingerprint density at radius 3 is 2.89 bits per heavy atom. The second-order valence-corrected chi connectivity index (χ2v) is 4.91. The lowest BCUT2D eigenvalue weighted by atomic mass is 10.3. The lowest BCUT2D eigenvalue weighted by Crippen LogP contribution is -2.01. The zero-order chi connectivity index (χ0) is 12.8. The van der Waals surface area contributed by atoms with Crippen LogP contribution in [-0.2, 0) is 5.75 Å². The Balaban J connectivity index is 1.86. The van der Waals surface area contributed by atoms with Crippen LogP contribution in [0, 0.1) is 6.92 Å². The van der Waals surface area contributed by atoms with Crippen LogP contribution >= 0.6 is 11.8 Å². The predicted molar refractivity (Wildman–Crippen MR) is 73.7 cm³/mol. The van der Waals surface area contributed by atoms with E-state index < -0.39 is 0 Å². The van der Waals surface area contributed by atoms with Crippen molar-refractivity contribution in [1.29, 1.82) is 0 Å². The highest BCUT2D eigenvalue weighted by Gasteiger charge is 2.02. The summed E-state index contributed by atoms with van der Waals surface area (Å²) in [6.45, 7) is 4.99. The quantitative estimate of drug-likeness (QED) is 0.784. The van der Waals surface area contributed by atoms with Gasteiger partial charge in [0.15, 0.2) is 0 Å². The molecule has 0 spiro atoms. The van der Waals surface area contributed by atoms with Crippen LogP contribution in [-0.4, -0.2) is 26.7 Å². The molecular weight excluding hydrogens is 246 g/mol. The Hall–Kier alpha value is -1.56. The second kappa shape index (κ2) is 6.39. The number of anilines is 1. The summed E-state index contributed by atoms with van der Waals surface area (Å²) >= 11 is 1.60. The molecule has 0 aromatic carbocycles. The first-order valence-corrected chi connectivity index (χ1v) is 6.97. The lowest BCUT2D eigenvalue weighted by molar-refractivity contribution is 0.966. The highest BCUT2D eigenvalue weighted by atomic mass is 32.2. The number of thioether (sulfide) groups is 1. The van der Waals surface area contributed by atoms with Gasteiger partial charge in [0.2, 0.25) is 5.16 Å². The zero-order valence-electron chi connectivity index (χ0n) is 10.6. The third-order valence-corrected chi connectivity index (χ3v) is 3.24. The van der Waals surface area contributed by atoms with Crippen molar-refractivity contribution < 1.29 is 0 Å². The fraction of sp³-hybridized carbons (Fsp3) is 0.417. The highest BCUT2D eigenvalue weighted by Crippen LogP contribution is 2.18. The van der Waals surface area contributed by atoms with Crippen LogP contribution in [0.5, 0.6) is 0 Å².